The van der Waals surface area contributed by atoms with Gasteiger partial charge < -0.3 is 15.0 Å². The molecule has 4 aromatic rings. The molecular weight excluding hydrogens is 494 g/mol. The third-order valence-electron chi connectivity index (χ3n) is 5.35. The predicted molar refractivity (Wildman–Crippen MR) is 130 cm³/mol. The lowest BCUT2D eigenvalue weighted by atomic mass is 10.2. The molecule has 182 valence electrons. The average Bonchev–Trinajstić information content (AvgIpc) is 3.23. The third-order valence-corrected chi connectivity index (χ3v) is 7.49. The van der Waals surface area contributed by atoms with Crippen LogP contribution in [0.1, 0.15) is 10.5 Å². The molecule has 1 heterocycles. The molecule has 0 saturated heterocycles. The Morgan fingerprint density at radius 3 is 2.31 bits per heavy atom. The molecule has 0 aliphatic heterocycles. The van der Waals surface area contributed by atoms with Crippen molar-refractivity contribution in [1.82, 2.24) is 4.57 Å². The first kappa shape index (κ1) is 24.3. The first-order chi connectivity index (χ1) is 16.6. The number of rotatable bonds is 8. The van der Waals surface area contributed by atoms with E-state index in [0.717, 1.165) is 5.06 Å². The van der Waals surface area contributed by atoms with Gasteiger partial charge in [-0.25, -0.2) is 21.9 Å². The fourth-order valence-corrected chi connectivity index (χ4v) is 5.27. The molecule has 0 aliphatic carbocycles. The molecule has 4 rings (SSSR count). The molecule has 1 aromatic heterocycles. The minimum absolute atomic E-state index is 0.0115. The van der Waals surface area contributed by atoms with Crippen LogP contribution in [-0.2, 0) is 25.1 Å². The average molecular weight is 516 g/mol. The summed E-state index contributed by atoms with van der Waals surface area (Å²) in [5.74, 6) is -0.202. The summed E-state index contributed by atoms with van der Waals surface area (Å²) >= 11 is 0. The number of benzene rings is 3. The molecule has 3 aromatic carbocycles. The highest BCUT2D eigenvalue weighted by Gasteiger charge is 2.21. The number of nitrogens with two attached hydrogens (primary N) is 1. The van der Waals surface area contributed by atoms with Crippen LogP contribution >= 0.6 is 0 Å². The van der Waals surface area contributed by atoms with Crippen molar-refractivity contribution in [3.8, 4) is 11.4 Å². The molecule has 2 N–H and O–H groups in total. The Kier molecular flexibility index (Phi) is 6.52. The molecule has 0 spiro atoms. The monoisotopic (exact) mass is 515 g/mol. The van der Waals surface area contributed by atoms with Crippen LogP contribution in [0.2, 0.25) is 0 Å². The number of ether oxygens (including phenoxy) is 1. The second-order valence-corrected chi connectivity index (χ2v) is 10.0. The molecule has 0 aliphatic rings. The zero-order valence-electron chi connectivity index (χ0n) is 18.6. The number of hydrogen-bond acceptors (Lipinski definition) is 8. The first-order valence-corrected chi connectivity index (χ1v) is 12.7. The lowest BCUT2D eigenvalue weighted by molar-refractivity contribution is 0.0994. The quantitative estimate of drug-likeness (QED) is 0.270. The molecule has 0 saturated carbocycles. The van der Waals surface area contributed by atoms with Crippen molar-refractivity contribution in [1.29, 1.82) is 0 Å². The SMILES string of the molecule is COc1ccc(S(=O)(=O)c2cccc(-n3c(C(N)=O)cc4ccc(N(C)O[SH](=O)=O)cc43)c2)cc1. The van der Waals surface area contributed by atoms with Gasteiger partial charge in [0, 0.05) is 18.1 Å². The highest BCUT2D eigenvalue weighted by atomic mass is 32.2. The molecule has 0 unspecified atom stereocenters. The predicted octanol–water partition coefficient (Wildman–Crippen LogP) is 2.47. The Labute approximate surface area is 203 Å². The van der Waals surface area contributed by atoms with Crippen LogP contribution in [0.5, 0.6) is 5.75 Å². The molecule has 1 amide bonds. The number of methoxy groups -OCH3 is 1. The standard InChI is InChI=1S/C23H21N3O7S2/c1-25(33-34(28)29)16-7-6-15-12-22(23(24)27)26(21(15)14-16)17-4-3-5-20(13-17)35(30,31)19-10-8-18(32-2)9-11-19/h3-14,34H,1-2H3,(H2,24,27). The zero-order valence-corrected chi connectivity index (χ0v) is 20.3. The number of primary amides is 1. The van der Waals surface area contributed by atoms with Crippen LogP contribution in [0.3, 0.4) is 0 Å². The summed E-state index contributed by atoms with van der Waals surface area (Å²) in [6.45, 7) is 0. The molecule has 12 heteroatoms. The summed E-state index contributed by atoms with van der Waals surface area (Å²) in [5, 5.41) is 1.68. The van der Waals surface area contributed by atoms with Crippen molar-refractivity contribution in [3.05, 3.63) is 78.5 Å². The first-order valence-electron chi connectivity index (χ1n) is 10.1. The highest BCUT2D eigenvalue weighted by Crippen LogP contribution is 2.30. The van der Waals surface area contributed by atoms with E-state index in [1.54, 1.807) is 48.5 Å². The number of amides is 1. The maximum absolute atomic E-state index is 13.3. The largest absolute Gasteiger partial charge is 0.497 e. The van der Waals surface area contributed by atoms with E-state index >= 15 is 0 Å². The maximum Gasteiger partial charge on any atom is 0.277 e. The van der Waals surface area contributed by atoms with E-state index < -0.39 is 26.7 Å². The lowest BCUT2D eigenvalue weighted by Crippen LogP contribution is -2.17. The number of hydroxylamine groups is 1. The second-order valence-electron chi connectivity index (χ2n) is 7.45. The van der Waals surface area contributed by atoms with Crippen molar-refractivity contribution >= 4 is 43.3 Å². The maximum atomic E-state index is 13.3. The number of thiol groups is 1. The zero-order chi connectivity index (χ0) is 25.3. The summed E-state index contributed by atoms with van der Waals surface area (Å²) in [6, 6.07) is 18.5. The second kappa shape index (κ2) is 9.41. The van der Waals surface area contributed by atoms with Gasteiger partial charge in [-0.2, -0.15) is 4.28 Å². The van der Waals surface area contributed by atoms with Crippen molar-refractivity contribution in [2.45, 2.75) is 9.79 Å². The van der Waals surface area contributed by atoms with Gasteiger partial charge in [-0.05, 0) is 60.7 Å². The highest BCUT2D eigenvalue weighted by molar-refractivity contribution is 7.91. The van der Waals surface area contributed by atoms with Gasteiger partial charge in [0.05, 0.1) is 28.1 Å². The summed E-state index contributed by atoms with van der Waals surface area (Å²) in [5.41, 5.74) is 6.99. The minimum atomic E-state index is -3.88. The molecule has 0 atom stereocenters. The van der Waals surface area contributed by atoms with Gasteiger partial charge in [0.25, 0.3) is 16.9 Å². The fraction of sp³-hybridized carbons (Fsp3) is 0.0870. The van der Waals surface area contributed by atoms with Gasteiger partial charge in [0.15, 0.2) is 0 Å². The number of sulfone groups is 1. The van der Waals surface area contributed by atoms with Gasteiger partial charge in [-0.1, -0.05) is 12.1 Å². The number of fused-ring (bicyclic) bond motifs is 1. The molecular formula is C23H21N3O7S2. The van der Waals surface area contributed by atoms with Crippen LogP contribution in [0, 0.1) is 0 Å². The lowest BCUT2D eigenvalue weighted by Gasteiger charge is -2.16. The molecule has 35 heavy (non-hydrogen) atoms. The van der Waals surface area contributed by atoms with Gasteiger partial charge in [-0.3, -0.25) is 4.79 Å². The topological polar surface area (TPSA) is 138 Å². The Hall–Kier alpha value is -3.87. The van der Waals surface area contributed by atoms with Gasteiger partial charge in [0.2, 0.25) is 9.84 Å². The van der Waals surface area contributed by atoms with Crippen LogP contribution in [0.15, 0.2) is 82.6 Å². The van der Waals surface area contributed by atoms with Crippen molar-refractivity contribution in [3.63, 3.8) is 0 Å². The smallest absolute Gasteiger partial charge is 0.277 e. The van der Waals surface area contributed by atoms with E-state index in [1.807, 2.05) is 0 Å². The Morgan fingerprint density at radius 2 is 1.69 bits per heavy atom. The molecule has 10 nitrogen and oxygen atoms in total. The summed E-state index contributed by atoms with van der Waals surface area (Å²) in [4.78, 5) is 12.3. The number of carbonyl (C=O) groups excluding carboxylic acids is 1. The fourth-order valence-electron chi connectivity index (χ4n) is 3.67. The van der Waals surface area contributed by atoms with E-state index in [4.69, 9.17) is 14.8 Å². The number of anilines is 1. The normalized spacial score (nSPS) is 11.6. The van der Waals surface area contributed by atoms with Gasteiger partial charge >= 0.3 is 0 Å². The Morgan fingerprint density at radius 1 is 0.971 bits per heavy atom. The minimum Gasteiger partial charge on any atom is -0.497 e. The van der Waals surface area contributed by atoms with E-state index in [2.05, 4.69) is 0 Å². The van der Waals surface area contributed by atoms with Crippen molar-refractivity contribution in [2.24, 2.45) is 5.73 Å². The van der Waals surface area contributed by atoms with E-state index in [0.29, 0.717) is 28.0 Å². The molecule has 0 bridgehead atoms. The number of hydrogen-bond donors (Lipinski definition) is 2. The van der Waals surface area contributed by atoms with E-state index in [-0.39, 0.29) is 15.5 Å². The summed E-state index contributed by atoms with van der Waals surface area (Å²) in [7, 11) is -4.12. The van der Waals surface area contributed by atoms with Crippen LogP contribution < -0.4 is 15.5 Å². The third kappa shape index (κ3) is 4.71. The number of aromatic nitrogens is 1. The van der Waals surface area contributed by atoms with Gasteiger partial charge in [-0.15, -0.1) is 0 Å². The van der Waals surface area contributed by atoms with Crippen LogP contribution in [0.4, 0.5) is 5.69 Å². The molecule has 0 fully saturated rings. The Balaban J connectivity index is 1.87. The Bertz CT molecular complexity index is 1600. The van der Waals surface area contributed by atoms with Gasteiger partial charge in [0.1, 0.15) is 11.4 Å². The van der Waals surface area contributed by atoms with Crippen molar-refractivity contribution in [2.75, 3.05) is 19.2 Å². The van der Waals surface area contributed by atoms with E-state index in [9.17, 15) is 21.6 Å². The van der Waals surface area contributed by atoms with Crippen molar-refractivity contribution < 1.29 is 30.7 Å². The molecule has 0 radical (unpaired) electrons. The number of nitrogens with zero attached hydrogens (tertiary/aromatic N) is 2. The van der Waals surface area contributed by atoms with Crippen LogP contribution in [0.25, 0.3) is 16.6 Å². The summed E-state index contributed by atoms with van der Waals surface area (Å²) in [6.07, 6.45) is 0. The van der Waals surface area contributed by atoms with E-state index in [1.165, 1.54) is 43.0 Å². The number of carbonyl (C=O) groups is 1. The van der Waals surface area contributed by atoms with Crippen LogP contribution in [-0.4, -0.2) is 41.5 Å². The summed E-state index contributed by atoms with van der Waals surface area (Å²) < 4.78 is 59.8.